The summed E-state index contributed by atoms with van der Waals surface area (Å²) in [4.78, 5) is 14.8. The minimum absolute atomic E-state index is 0.251. The van der Waals surface area contributed by atoms with Crippen LogP contribution in [0.5, 0.6) is 0 Å². The molecule has 82 valence electrons. The molecular weight excluding hydrogens is 192 g/mol. The number of carbonyl (C=O) groups is 1. The van der Waals surface area contributed by atoms with Gasteiger partial charge in [-0.05, 0) is 32.6 Å². The van der Waals surface area contributed by atoms with Crippen molar-refractivity contribution in [2.24, 2.45) is 0 Å². The quantitative estimate of drug-likeness (QED) is 0.825. The van der Waals surface area contributed by atoms with Gasteiger partial charge in [0.1, 0.15) is 0 Å². The van der Waals surface area contributed by atoms with Crippen LogP contribution in [0.15, 0.2) is 6.33 Å². The summed E-state index contributed by atoms with van der Waals surface area (Å²) < 4.78 is 2.17. The predicted molar refractivity (Wildman–Crippen MR) is 55.8 cm³/mol. The van der Waals surface area contributed by atoms with Gasteiger partial charge in [-0.25, -0.2) is 4.98 Å². The molecule has 0 saturated carbocycles. The van der Waals surface area contributed by atoms with Crippen molar-refractivity contribution in [3.63, 3.8) is 0 Å². The first-order valence-corrected chi connectivity index (χ1v) is 5.42. The number of carboxylic acids is 1. The third-order valence-electron chi connectivity index (χ3n) is 3.14. The molecule has 0 saturated heterocycles. The highest BCUT2D eigenvalue weighted by Crippen LogP contribution is 2.29. The molecule has 2 heterocycles. The predicted octanol–water partition coefficient (Wildman–Crippen LogP) is 1.93. The average Bonchev–Trinajstić information content (AvgIpc) is 2.58. The lowest BCUT2D eigenvalue weighted by Gasteiger charge is -2.25. The highest BCUT2D eigenvalue weighted by Gasteiger charge is 2.21. The van der Waals surface area contributed by atoms with Gasteiger partial charge < -0.3 is 9.67 Å². The molecule has 1 N–H and O–H groups in total. The number of rotatable bonds is 3. The van der Waals surface area contributed by atoms with Gasteiger partial charge in [0.05, 0.1) is 12.0 Å². The van der Waals surface area contributed by atoms with Gasteiger partial charge in [-0.1, -0.05) is 0 Å². The van der Waals surface area contributed by atoms with Gasteiger partial charge in [-0.3, -0.25) is 4.79 Å². The maximum absolute atomic E-state index is 10.5. The zero-order valence-corrected chi connectivity index (χ0v) is 8.94. The SMILES string of the molecule is Cc1ncn2c1CCCC2CCC(=O)O. The number of hydrogen-bond acceptors (Lipinski definition) is 2. The molecule has 4 nitrogen and oxygen atoms in total. The summed E-state index contributed by atoms with van der Waals surface area (Å²) in [5.41, 5.74) is 2.38. The molecule has 1 aromatic heterocycles. The van der Waals surface area contributed by atoms with E-state index in [0.29, 0.717) is 6.04 Å². The van der Waals surface area contributed by atoms with Crippen molar-refractivity contribution in [3.8, 4) is 0 Å². The van der Waals surface area contributed by atoms with Crippen molar-refractivity contribution < 1.29 is 9.90 Å². The summed E-state index contributed by atoms with van der Waals surface area (Å²) in [6, 6.07) is 0.339. The van der Waals surface area contributed by atoms with Gasteiger partial charge in [0.25, 0.3) is 0 Å². The van der Waals surface area contributed by atoms with Crippen LogP contribution in [0.1, 0.15) is 43.1 Å². The lowest BCUT2D eigenvalue weighted by atomic mass is 9.98. The summed E-state index contributed by atoms with van der Waals surface area (Å²) in [5.74, 6) is -0.709. The van der Waals surface area contributed by atoms with Crippen molar-refractivity contribution in [1.82, 2.24) is 9.55 Å². The minimum Gasteiger partial charge on any atom is -0.481 e. The molecule has 0 aromatic carbocycles. The van der Waals surface area contributed by atoms with Crippen LogP contribution in [0.2, 0.25) is 0 Å². The molecule has 0 spiro atoms. The monoisotopic (exact) mass is 208 g/mol. The first kappa shape index (κ1) is 10.2. The molecule has 0 bridgehead atoms. The fourth-order valence-corrected chi connectivity index (χ4v) is 2.32. The van der Waals surface area contributed by atoms with Crippen molar-refractivity contribution >= 4 is 5.97 Å². The number of aryl methyl sites for hydroxylation is 1. The summed E-state index contributed by atoms with van der Waals surface area (Å²) in [5, 5.41) is 8.67. The van der Waals surface area contributed by atoms with Crippen LogP contribution in [0.4, 0.5) is 0 Å². The average molecular weight is 208 g/mol. The first-order chi connectivity index (χ1) is 7.18. The third-order valence-corrected chi connectivity index (χ3v) is 3.14. The molecule has 0 aliphatic carbocycles. The Balaban J connectivity index is 2.12. The molecule has 1 aliphatic rings. The summed E-state index contributed by atoms with van der Waals surface area (Å²) >= 11 is 0. The summed E-state index contributed by atoms with van der Waals surface area (Å²) in [6.07, 6.45) is 6.14. The Morgan fingerprint density at radius 1 is 1.73 bits per heavy atom. The Hall–Kier alpha value is -1.32. The van der Waals surface area contributed by atoms with E-state index in [1.807, 2.05) is 13.3 Å². The topological polar surface area (TPSA) is 55.1 Å². The Morgan fingerprint density at radius 3 is 3.27 bits per heavy atom. The molecule has 4 heteroatoms. The Morgan fingerprint density at radius 2 is 2.53 bits per heavy atom. The second kappa shape index (κ2) is 4.04. The highest BCUT2D eigenvalue weighted by atomic mass is 16.4. The van der Waals surface area contributed by atoms with Gasteiger partial charge in [-0.2, -0.15) is 0 Å². The summed E-state index contributed by atoms with van der Waals surface area (Å²) in [7, 11) is 0. The number of fused-ring (bicyclic) bond motifs is 1. The van der Waals surface area contributed by atoms with Crippen LogP contribution in [0.3, 0.4) is 0 Å². The lowest BCUT2D eigenvalue weighted by molar-refractivity contribution is -0.137. The number of aliphatic carboxylic acids is 1. The van der Waals surface area contributed by atoms with Crippen LogP contribution in [0.25, 0.3) is 0 Å². The second-order valence-electron chi connectivity index (χ2n) is 4.16. The maximum atomic E-state index is 10.5. The minimum atomic E-state index is -0.709. The largest absolute Gasteiger partial charge is 0.481 e. The normalized spacial score (nSPS) is 19.9. The van der Waals surface area contributed by atoms with Crippen LogP contribution >= 0.6 is 0 Å². The van der Waals surface area contributed by atoms with Crippen molar-refractivity contribution in [2.45, 2.75) is 45.1 Å². The summed E-state index contributed by atoms with van der Waals surface area (Å²) in [6.45, 7) is 2.02. The van der Waals surface area contributed by atoms with E-state index in [-0.39, 0.29) is 6.42 Å². The zero-order chi connectivity index (χ0) is 10.8. The van der Waals surface area contributed by atoms with E-state index in [1.165, 1.54) is 5.69 Å². The second-order valence-corrected chi connectivity index (χ2v) is 4.16. The van der Waals surface area contributed by atoms with Crippen LogP contribution < -0.4 is 0 Å². The van der Waals surface area contributed by atoms with Gasteiger partial charge in [0, 0.05) is 18.2 Å². The maximum Gasteiger partial charge on any atom is 0.303 e. The molecule has 1 atom stereocenters. The van der Waals surface area contributed by atoms with E-state index in [1.54, 1.807) is 0 Å². The van der Waals surface area contributed by atoms with E-state index in [9.17, 15) is 4.79 Å². The Labute approximate surface area is 88.9 Å². The molecule has 1 aromatic rings. The molecule has 0 fully saturated rings. The molecule has 1 aliphatic heterocycles. The number of nitrogens with zero attached hydrogens (tertiary/aromatic N) is 2. The van der Waals surface area contributed by atoms with Gasteiger partial charge in [-0.15, -0.1) is 0 Å². The fourth-order valence-electron chi connectivity index (χ4n) is 2.32. The van der Waals surface area contributed by atoms with Crippen LogP contribution in [-0.2, 0) is 11.2 Å². The Kier molecular flexibility index (Phi) is 2.75. The standard InChI is InChI=1S/C11H16N2O2/c1-8-10-4-2-3-9(5-6-11(14)15)13(10)7-12-8/h7,9H,2-6H2,1H3,(H,14,15). The van der Waals surface area contributed by atoms with E-state index in [4.69, 9.17) is 5.11 Å². The van der Waals surface area contributed by atoms with E-state index in [0.717, 1.165) is 31.4 Å². The molecule has 1 unspecified atom stereocenters. The number of hydrogen-bond donors (Lipinski definition) is 1. The van der Waals surface area contributed by atoms with Crippen molar-refractivity contribution in [1.29, 1.82) is 0 Å². The molecule has 2 rings (SSSR count). The molecular formula is C11H16N2O2. The van der Waals surface area contributed by atoms with Crippen molar-refractivity contribution in [2.75, 3.05) is 0 Å². The molecule has 0 radical (unpaired) electrons. The number of aromatic nitrogens is 2. The first-order valence-electron chi connectivity index (χ1n) is 5.42. The smallest absolute Gasteiger partial charge is 0.303 e. The number of imidazole rings is 1. The Bertz CT molecular complexity index is 371. The molecule has 0 amide bonds. The zero-order valence-electron chi connectivity index (χ0n) is 8.94. The van der Waals surface area contributed by atoms with E-state index >= 15 is 0 Å². The van der Waals surface area contributed by atoms with Crippen LogP contribution in [0, 0.1) is 6.92 Å². The van der Waals surface area contributed by atoms with Gasteiger partial charge >= 0.3 is 5.97 Å². The van der Waals surface area contributed by atoms with Gasteiger partial charge in [0.15, 0.2) is 0 Å². The lowest BCUT2D eigenvalue weighted by Crippen LogP contribution is -2.18. The molecule has 15 heavy (non-hydrogen) atoms. The van der Waals surface area contributed by atoms with Crippen molar-refractivity contribution in [3.05, 3.63) is 17.7 Å². The van der Waals surface area contributed by atoms with Crippen LogP contribution in [-0.4, -0.2) is 20.6 Å². The highest BCUT2D eigenvalue weighted by molar-refractivity contribution is 5.66. The fraction of sp³-hybridized carbons (Fsp3) is 0.636. The number of carboxylic acid groups (broad SMARTS) is 1. The third kappa shape index (κ3) is 2.03. The van der Waals surface area contributed by atoms with Gasteiger partial charge in [0.2, 0.25) is 0 Å². The van der Waals surface area contributed by atoms with E-state index < -0.39 is 5.97 Å². The van der Waals surface area contributed by atoms with E-state index in [2.05, 4.69) is 9.55 Å².